The van der Waals surface area contributed by atoms with Gasteiger partial charge in [0.25, 0.3) is 5.91 Å². The lowest BCUT2D eigenvalue weighted by Crippen LogP contribution is -2.29. The molecule has 3 N–H and O–H groups in total. The van der Waals surface area contributed by atoms with Gasteiger partial charge < -0.3 is 11.1 Å². The molecule has 0 radical (unpaired) electrons. The van der Waals surface area contributed by atoms with Crippen molar-refractivity contribution in [2.75, 3.05) is 0 Å². The summed E-state index contributed by atoms with van der Waals surface area (Å²) in [7, 11) is 0. The maximum absolute atomic E-state index is 12.0. The lowest BCUT2D eigenvalue weighted by atomic mass is 10.1. The average molecular weight is 232 g/mol. The number of rotatable bonds is 2. The van der Waals surface area contributed by atoms with Crippen LogP contribution in [0, 0.1) is 0 Å². The van der Waals surface area contributed by atoms with Crippen LogP contribution in [-0.4, -0.2) is 18.0 Å². The summed E-state index contributed by atoms with van der Waals surface area (Å²) in [6, 6.07) is 8.26. The fourth-order valence-corrected chi connectivity index (χ4v) is 2.72. The van der Waals surface area contributed by atoms with Crippen molar-refractivity contribution < 1.29 is 4.79 Å². The van der Waals surface area contributed by atoms with Gasteiger partial charge in [0, 0.05) is 27.5 Å². The molecule has 16 heavy (non-hydrogen) atoms. The SMILES string of the molecule is NC1CC1NC(=O)c1csc2ccccc12. The van der Waals surface area contributed by atoms with Gasteiger partial charge in [-0.3, -0.25) is 4.79 Å². The van der Waals surface area contributed by atoms with E-state index in [9.17, 15) is 4.79 Å². The Bertz CT molecular complexity index is 549. The van der Waals surface area contributed by atoms with Crippen molar-refractivity contribution in [2.45, 2.75) is 18.5 Å². The van der Waals surface area contributed by atoms with Gasteiger partial charge in [-0.15, -0.1) is 11.3 Å². The third-order valence-corrected chi connectivity index (χ3v) is 3.85. The number of fused-ring (bicyclic) bond motifs is 1. The van der Waals surface area contributed by atoms with E-state index in [1.54, 1.807) is 11.3 Å². The number of nitrogens with one attached hydrogen (secondary N) is 1. The standard InChI is InChI=1S/C12H12N2OS/c13-9-5-10(9)14-12(15)8-6-16-11-4-2-1-3-7(8)11/h1-4,6,9-10H,5,13H2,(H,14,15). The van der Waals surface area contributed by atoms with Gasteiger partial charge in [-0.1, -0.05) is 18.2 Å². The molecule has 1 aliphatic carbocycles. The van der Waals surface area contributed by atoms with Crippen LogP contribution >= 0.6 is 11.3 Å². The number of benzene rings is 1. The lowest BCUT2D eigenvalue weighted by molar-refractivity contribution is 0.0952. The van der Waals surface area contributed by atoms with Gasteiger partial charge in [0.05, 0.1) is 5.56 Å². The van der Waals surface area contributed by atoms with E-state index < -0.39 is 0 Å². The Balaban J connectivity index is 1.90. The largest absolute Gasteiger partial charge is 0.348 e. The van der Waals surface area contributed by atoms with Crippen molar-refractivity contribution in [2.24, 2.45) is 5.73 Å². The predicted molar refractivity (Wildman–Crippen MR) is 65.7 cm³/mol. The molecule has 2 aromatic rings. The Hall–Kier alpha value is -1.39. The summed E-state index contributed by atoms with van der Waals surface area (Å²) in [4.78, 5) is 12.0. The lowest BCUT2D eigenvalue weighted by Gasteiger charge is -2.01. The predicted octanol–water partition coefficient (Wildman–Crippen LogP) is 1.73. The van der Waals surface area contributed by atoms with Crippen molar-refractivity contribution in [3.63, 3.8) is 0 Å². The van der Waals surface area contributed by atoms with E-state index in [-0.39, 0.29) is 18.0 Å². The van der Waals surface area contributed by atoms with E-state index >= 15 is 0 Å². The minimum absolute atomic E-state index is 0.00426. The van der Waals surface area contributed by atoms with Gasteiger partial charge in [-0.2, -0.15) is 0 Å². The summed E-state index contributed by atoms with van der Waals surface area (Å²) in [5.74, 6) is -0.00426. The summed E-state index contributed by atoms with van der Waals surface area (Å²) < 4.78 is 1.15. The van der Waals surface area contributed by atoms with Gasteiger partial charge in [-0.25, -0.2) is 0 Å². The molecule has 82 valence electrons. The molecule has 2 atom stereocenters. The number of hydrogen-bond donors (Lipinski definition) is 2. The fraction of sp³-hybridized carbons (Fsp3) is 0.250. The van der Waals surface area contributed by atoms with Gasteiger partial charge in [0.2, 0.25) is 0 Å². The molecule has 3 rings (SSSR count). The second kappa shape index (κ2) is 3.57. The number of carbonyl (C=O) groups is 1. The Morgan fingerprint density at radius 3 is 2.94 bits per heavy atom. The molecule has 2 unspecified atom stereocenters. The minimum atomic E-state index is -0.00426. The number of amides is 1. The van der Waals surface area contributed by atoms with Crippen molar-refractivity contribution in [3.05, 3.63) is 35.2 Å². The van der Waals surface area contributed by atoms with Crippen LogP contribution in [0.1, 0.15) is 16.8 Å². The first-order valence-corrected chi connectivity index (χ1v) is 6.16. The van der Waals surface area contributed by atoms with Crippen LogP contribution in [0.25, 0.3) is 10.1 Å². The van der Waals surface area contributed by atoms with Gasteiger partial charge in [-0.05, 0) is 12.5 Å². The van der Waals surface area contributed by atoms with Gasteiger partial charge in [0.1, 0.15) is 0 Å². The normalized spacial score (nSPS) is 23.3. The maximum Gasteiger partial charge on any atom is 0.253 e. The summed E-state index contributed by atoms with van der Waals surface area (Å²) in [6.07, 6.45) is 0.897. The van der Waals surface area contributed by atoms with Gasteiger partial charge in [0.15, 0.2) is 0 Å². The first-order valence-electron chi connectivity index (χ1n) is 5.28. The molecule has 0 aliphatic heterocycles. The van der Waals surface area contributed by atoms with E-state index in [0.29, 0.717) is 0 Å². The molecule has 1 aliphatic rings. The fourth-order valence-electron chi connectivity index (χ4n) is 1.78. The smallest absolute Gasteiger partial charge is 0.253 e. The highest BCUT2D eigenvalue weighted by Gasteiger charge is 2.35. The van der Waals surface area contributed by atoms with Crippen LogP contribution in [0.2, 0.25) is 0 Å². The van der Waals surface area contributed by atoms with E-state index in [1.807, 2.05) is 29.6 Å². The molecular weight excluding hydrogens is 220 g/mol. The highest BCUT2D eigenvalue weighted by atomic mass is 32.1. The van der Waals surface area contributed by atoms with E-state index in [4.69, 9.17) is 5.73 Å². The highest BCUT2D eigenvalue weighted by molar-refractivity contribution is 7.17. The van der Waals surface area contributed by atoms with Crippen molar-refractivity contribution in [1.82, 2.24) is 5.32 Å². The van der Waals surface area contributed by atoms with E-state index in [1.165, 1.54) is 0 Å². The van der Waals surface area contributed by atoms with Crippen molar-refractivity contribution >= 4 is 27.3 Å². The number of hydrogen-bond acceptors (Lipinski definition) is 3. The van der Waals surface area contributed by atoms with Crippen molar-refractivity contribution in [1.29, 1.82) is 0 Å². The Morgan fingerprint density at radius 2 is 2.19 bits per heavy atom. The molecule has 1 fully saturated rings. The third kappa shape index (κ3) is 1.60. The molecule has 1 amide bonds. The second-order valence-corrected chi connectivity index (χ2v) is 5.04. The molecule has 1 aromatic heterocycles. The van der Waals surface area contributed by atoms with Crippen molar-refractivity contribution in [3.8, 4) is 0 Å². The summed E-state index contributed by atoms with van der Waals surface area (Å²) in [5, 5.41) is 5.88. The van der Waals surface area contributed by atoms with Crippen LogP contribution < -0.4 is 11.1 Å². The molecular formula is C12H12N2OS. The minimum Gasteiger partial charge on any atom is -0.348 e. The number of thiophene rings is 1. The Labute approximate surface area is 97.3 Å². The molecule has 4 heteroatoms. The quantitative estimate of drug-likeness (QED) is 0.828. The zero-order valence-electron chi connectivity index (χ0n) is 8.64. The summed E-state index contributed by atoms with van der Waals surface area (Å²) in [6.45, 7) is 0. The Morgan fingerprint density at radius 1 is 1.44 bits per heavy atom. The summed E-state index contributed by atoms with van der Waals surface area (Å²) in [5.41, 5.74) is 6.43. The van der Waals surface area contributed by atoms with Crippen LogP contribution in [0.3, 0.4) is 0 Å². The zero-order valence-corrected chi connectivity index (χ0v) is 9.46. The second-order valence-electron chi connectivity index (χ2n) is 4.13. The zero-order chi connectivity index (χ0) is 11.1. The number of carbonyl (C=O) groups excluding carboxylic acids is 1. The average Bonchev–Trinajstić information content (AvgIpc) is 2.82. The number of nitrogens with two attached hydrogens (primary N) is 1. The van der Waals surface area contributed by atoms with Crippen LogP contribution in [0.5, 0.6) is 0 Å². The highest BCUT2D eigenvalue weighted by Crippen LogP contribution is 2.26. The van der Waals surface area contributed by atoms with E-state index in [2.05, 4.69) is 5.32 Å². The van der Waals surface area contributed by atoms with Gasteiger partial charge >= 0.3 is 0 Å². The molecule has 1 heterocycles. The first kappa shape index (κ1) is 9.81. The topological polar surface area (TPSA) is 55.1 Å². The molecule has 0 saturated heterocycles. The van der Waals surface area contributed by atoms with Crippen LogP contribution in [-0.2, 0) is 0 Å². The Kier molecular flexibility index (Phi) is 2.19. The van der Waals surface area contributed by atoms with E-state index in [0.717, 1.165) is 22.1 Å². The third-order valence-electron chi connectivity index (χ3n) is 2.88. The molecule has 0 spiro atoms. The molecule has 3 nitrogen and oxygen atoms in total. The monoisotopic (exact) mass is 232 g/mol. The first-order chi connectivity index (χ1) is 7.75. The molecule has 1 saturated carbocycles. The molecule has 1 aromatic carbocycles. The van der Waals surface area contributed by atoms with Crippen LogP contribution in [0.15, 0.2) is 29.6 Å². The maximum atomic E-state index is 12.0. The van der Waals surface area contributed by atoms with Crippen LogP contribution in [0.4, 0.5) is 0 Å². The molecule has 0 bridgehead atoms. The summed E-state index contributed by atoms with van der Waals surface area (Å²) >= 11 is 1.60.